The Bertz CT molecular complexity index is 612. The van der Waals surface area contributed by atoms with Gasteiger partial charge in [0.05, 0.1) is 6.04 Å². The van der Waals surface area contributed by atoms with Crippen molar-refractivity contribution in [3.05, 3.63) is 66.2 Å². The molecule has 3 nitrogen and oxygen atoms in total. The van der Waals surface area contributed by atoms with Gasteiger partial charge in [0.25, 0.3) is 0 Å². The molecule has 1 aliphatic rings. The van der Waals surface area contributed by atoms with Crippen molar-refractivity contribution < 1.29 is 4.79 Å². The fourth-order valence-corrected chi connectivity index (χ4v) is 3.21. The molecule has 3 rings (SSSR count). The van der Waals surface area contributed by atoms with Crippen LogP contribution < -0.4 is 4.90 Å². The van der Waals surface area contributed by atoms with Crippen LogP contribution in [0.25, 0.3) is 0 Å². The predicted octanol–water partition coefficient (Wildman–Crippen LogP) is 4.47. The molecule has 2 aromatic carbocycles. The summed E-state index contributed by atoms with van der Waals surface area (Å²) in [5.74, 6) is 0. The number of para-hydroxylation sites is 1. The highest BCUT2D eigenvalue weighted by atomic mass is 16.2. The van der Waals surface area contributed by atoms with Crippen LogP contribution in [0.5, 0.6) is 0 Å². The van der Waals surface area contributed by atoms with Gasteiger partial charge in [-0.3, -0.25) is 4.90 Å². The maximum absolute atomic E-state index is 13.0. The topological polar surface area (TPSA) is 23.6 Å². The molecule has 1 aliphatic heterocycles. The number of urea groups is 1. The van der Waals surface area contributed by atoms with Crippen LogP contribution in [0, 0.1) is 0 Å². The van der Waals surface area contributed by atoms with Crippen molar-refractivity contribution >= 4 is 11.7 Å². The van der Waals surface area contributed by atoms with Gasteiger partial charge in [0.2, 0.25) is 0 Å². The SMILES string of the molecule is CCN(C(=O)N1CCCC1c1ccccc1)c1ccccc1. The summed E-state index contributed by atoms with van der Waals surface area (Å²) in [6.07, 6.45) is 2.11. The molecule has 2 aromatic rings. The lowest BCUT2D eigenvalue weighted by Crippen LogP contribution is -2.43. The number of rotatable bonds is 3. The molecule has 0 saturated carbocycles. The smallest absolute Gasteiger partial charge is 0.317 e. The van der Waals surface area contributed by atoms with Gasteiger partial charge >= 0.3 is 6.03 Å². The van der Waals surface area contributed by atoms with Crippen molar-refractivity contribution in [3.63, 3.8) is 0 Å². The van der Waals surface area contributed by atoms with E-state index in [2.05, 4.69) is 12.1 Å². The third-order valence-electron chi connectivity index (χ3n) is 4.30. The first-order valence-corrected chi connectivity index (χ1v) is 7.99. The molecular weight excluding hydrogens is 272 g/mol. The van der Waals surface area contributed by atoms with Crippen molar-refractivity contribution in [2.45, 2.75) is 25.8 Å². The number of likely N-dealkylation sites (tertiary alicyclic amines) is 1. The minimum atomic E-state index is 0.111. The number of anilines is 1. The number of nitrogens with zero attached hydrogens (tertiary/aromatic N) is 2. The second-order valence-corrected chi connectivity index (χ2v) is 5.62. The van der Waals surface area contributed by atoms with E-state index < -0.39 is 0 Å². The summed E-state index contributed by atoms with van der Waals surface area (Å²) in [4.78, 5) is 16.9. The highest BCUT2D eigenvalue weighted by Gasteiger charge is 2.32. The molecule has 3 heteroatoms. The highest BCUT2D eigenvalue weighted by Crippen LogP contribution is 2.33. The lowest BCUT2D eigenvalue weighted by Gasteiger charge is -2.31. The van der Waals surface area contributed by atoms with Crippen molar-refractivity contribution in [1.82, 2.24) is 4.90 Å². The number of carbonyl (C=O) groups excluding carboxylic acids is 1. The molecule has 0 aromatic heterocycles. The molecule has 0 radical (unpaired) electrons. The Hall–Kier alpha value is -2.29. The first-order chi connectivity index (χ1) is 10.8. The van der Waals surface area contributed by atoms with Crippen LogP contribution in [0.3, 0.4) is 0 Å². The molecule has 114 valence electrons. The first kappa shape index (κ1) is 14.6. The van der Waals surface area contributed by atoms with E-state index >= 15 is 0 Å². The molecule has 1 fully saturated rings. The summed E-state index contributed by atoms with van der Waals surface area (Å²) in [6, 6.07) is 20.6. The lowest BCUT2D eigenvalue weighted by molar-refractivity contribution is 0.200. The summed E-state index contributed by atoms with van der Waals surface area (Å²) in [7, 11) is 0. The first-order valence-electron chi connectivity index (χ1n) is 7.99. The van der Waals surface area contributed by atoms with E-state index in [0.717, 1.165) is 25.1 Å². The average molecular weight is 294 g/mol. The third kappa shape index (κ3) is 2.84. The van der Waals surface area contributed by atoms with E-state index in [-0.39, 0.29) is 12.1 Å². The van der Waals surface area contributed by atoms with E-state index in [1.165, 1.54) is 5.56 Å². The van der Waals surface area contributed by atoms with Gasteiger partial charge in [-0.1, -0.05) is 48.5 Å². The van der Waals surface area contributed by atoms with Gasteiger partial charge in [-0.15, -0.1) is 0 Å². The summed E-state index contributed by atoms with van der Waals surface area (Å²) >= 11 is 0. The lowest BCUT2D eigenvalue weighted by atomic mass is 10.1. The van der Waals surface area contributed by atoms with Crippen molar-refractivity contribution in [3.8, 4) is 0 Å². The second-order valence-electron chi connectivity index (χ2n) is 5.62. The van der Waals surface area contributed by atoms with Crippen LogP contribution in [-0.4, -0.2) is 24.0 Å². The molecule has 0 N–H and O–H groups in total. The number of benzene rings is 2. The Morgan fingerprint density at radius 3 is 2.36 bits per heavy atom. The third-order valence-corrected chi connectivity index (χ3v) is 4.30. The minimum absolute atomic E-state index is 0.111. The molecular formula is C19H22N2O. The normalized spacial score (nSPS) is 17.5. The van der Waals surface area contributed by atoms with Crippen molar-refractivity contribution in [2.75, 3.05) is 18.0 Å². The van der Waals surface area contributed by atoms with Gasteiger partial charge in [0.1, 0.15) is 0 Å². The zero-order valence-corrected chi connectivity index (χ0v) is 13.0. The minimum Gasteiger partial charge on any atom is -0.317 e. The zero-order valence-electron chi connectivity index (χ0n) is 13.0. The predicted molar refractivity (Wildman–Crippen MR) is 90.0 cm³/mol. The Morgan fingerprint density at radius 1 is 1.09 bits per heavy atom. The average Bonchev–Trinajstić information content (AvgIpc) is 3.07. The second kappa shape index (κ2) is 6.65. The maximum atomic E-state index is 13.0. The van der Waals surface area contributed by atoms with E-state index in [1.54, 1.807) is 0 Å². The monoisotopic (exact) mass is 294 g/mol. The van der Waals surface area contributed by atoms with Crippen LogP contribution >= 0.6 is 0 Å². The Morgan fingerprint density at radius 2 is 1.73 bits per heavy atom. The molecule has 1 unspecified atom stereocenters. The molecule has 22 heavy (non-hydrogen) atoms. The largest absolute Gasteiger partial charge is 0.324 e. The molecule has 1 atom stereocenters. The summed E-state index contributed by atoms with van der Waals surface area (Å²) in [5.41, 5.74) is 2.20. The van der Waals surface area contributed by atoms with Crippen molar-refractivity contribution in [2.24, 2.45) is 0 Å². The number of hydrogen-bond donors (Lipinski definition) is 0. The van der Waals surface area contributed by atoms with Gasteiger partial charge in [0, 0.05) is 18.8 Å². The standard InChI is InChI=1S/C19H22N2O/c1-2-20(17-12-7-4-8-13-17)19(22)21-15-9-14-18(21)16-10-5-3-6-11-16/h3-8,10-13,18H,2,9,14-15H2,1H3. The van der Waals surface area contributed by atoms with Crippen LogP contribution in [0.4, 0.5) is 10.5 Å². The van der Waals surface area contributed by atoms with Crippen LogP contribution in [-0.2, 0) is 0 Å². The van der Waals surface area contributed by atoms with Gasteiger partial charge in [-0.2, -0.15) is 0 Å². The quantitative estimate of drug-likeness (QED) is 0.819. The summed E-state index contributed by atoms with van der Waals surface area (Å²) < 4.78 is 0. The molecule has 1 saturated heterocycles. The summed E-state index contributed by atoms with van der Waals surface area (Å²) in [5, 5.41) is 0. The fourth-order valence-electron chi connectivity index (χ4n) is 3.21. The zero-order chi connectivity index (χ0) is 15.4. The van der Waals surface area contributed by atoms with E-state index in [0.29, 0.717) is 6.54 Å². The van der Waals surface area contributed by atoms with E-state index in [4.69, 9.17) is 0 Å². The van der Waals surface area contributed by atoms with Gasteiger partial charge in [0.15, 0.2) is 0 Å². The maximum Gasteiger partial charge on any atom is 0.324 e. The Labute approximate surface area is 132 Å². The van der Waals surface area contributed by atoms with E-state index in [1.807, 2.05) is 65.3 Å². The van der Waals surface area contributed by atoms with Gasteiger partial charge < -0.3 is 4.90 Å². The number of hydrogen-bond acceptors (Lipinski definition) is 1. The van der Waals surface area contributed by atoms with Crippen molar-refractivity contribution in [1.29, 1.82) is 0 Å². The molecule has 2 amide bonds. The molecule has 0 bridgehead atoms. The molecule has 0 spiro atoms. The van der Waals surface area contributed by atoms with E-state index in [9.17, 15) is 4.79 Å². The molecule has 1 heterocycles. The highest BCUT2D eigenvalue weighted by molar-refractivity contribution is 5.92. The van der Waals surface area contributed by atoms with Crippen LogP contribution in [0.2, 0.25) is 0 Å². The Kier molecular flexibility index (Phi) is 4.42. The van der Waals surface area contributed by atoms with Gasteiger partial charge in [-0.05, 0) is 37.5 Å². The van der Waals surface area contributed by atoms with Crippen LogP contribution in [0.1, 0.15) is 31.4 Å². The summed E-state index contributed by atoms with van der Waals surface area (Å²) in [6.45, 7) is 3.54. The number of carbonyl (C=O) groups is 1. The van der Waals surface area contributed by atoms with Gasteiger partial charge in [-0.25, -0.2) is 4.79 Å². The number of amides is 2. The van der Waals surface area contributed by atoms with Crippen LogP contribution in [0.15, 0.2) is 60.7 Å². The molecule has 0 aliphatic carbocycles. The fraction of sp³-hybridized carbons (Fsp3) is 0.316. The Balaban J connectivity index is 1.84.